The molecule has 0 saturated carbocycles. The lowest BCUT2D eigenvalue weighted by Crippen LogP contribution is -2.40. The molecule has 1 fully saturated rings. The Hall–Kier alpha value is -2.28. The Morgan fingerprint density at radius 1 is 1.38 bits per heavy atom. The van der Waals surface area contributed by atoms with Crippen LogP contribution in [0.15, 0.2) is 18.2 Å². The molecule has 0 bridgehead atoms. The van der Waals surface area contributed by atoms with Crippen molar-refractivity contribution >= 4 is 11.9 Å². The summed E-state index contributed by atoms with van der Waals surface area (Å²) < 4.78 is 16.2. The van der Waals surface area contributed by atoms with Crippen LogP contribution in [0.5, 0.6) is 11.5 Å². The molecule has 1 saturated heterocycles. The van der Waals surface area contributed by atoms with Crippen molar-refractivity contribution in [3.05, 3.63) is 23.8 Å². The third kappa shape index (κ3) is 4.86. The minimum atomic E-state index is -1.08. The molecule has 2 N–H and O–H groups in total. The molecule has 1 aliphatic rings. The molecule has 2 rings (SSSR count). The second kappa shape index (κ2) is 8.54. The number of carboxylic acids is 1. The van der Waals surface area contributed by atoms with Gasteiger partial charge < -0.3 is 24.6 Å². The third-order valence-corrected chi connectivity index (χ3v) is 3.74. The number of carboxylic acid groups (broad SMARTS) is 1. The second-order valence-electron chi connectivity index (χ2n) is 5.59. The van der Waals surface area contributed by atoms with E-state index in [0.29, 0.717) is 23.7 Å². The van der Waals surface area contributed by atoms with Gasteiger partial charge in [0.1, 0.15) is 0 Å². The summed E-state index contributed by atoms with van der Waals surface area (Å²) in [6.45, 7) is 4.35. The van der Waals surface area contributed by atoms with Gasteiger partial charge in [0.15, 0.2) is 18.1 Å². The Balaban J connectivity index is 2.06. The van der Waals surface area contributed by atoms with Crippen LogP contribution in [-0.4, -0.2) is 48.9 Å². The standard InChI is InChI=1S/C17H23NO6/c1-3-22-15-9-12(6-7-14(15)24-10-16(19)20)17(21)18-11(2)13-5-4-8-23-13/h6-7,9,11,13H,3-5,8,10H2,1-2H3,(H,18,21)(H,19,20). The van der Waals surface area contributed by atoms with Crippen LogP contribution >= 0.6 is 0 Å². The van der Waals surface area contributed by atoms with Crippen LogP contribution in [0.25, 0.3) is 0 Å². The number of nitrogens with one attached hydrogen (secondary N) is 1. The molecular weight excluding hydrogens is 314 g/mol. The minimum absolute atomic E-state index is 0.0403. The van der Waals surface area contributed by atoms with E-state index in [0.717, 1.165) is 19.4 Å². The van der Waals surface area contributed by atoms with Crippen molar-refractivity contribution in [3.63, 3.8) is 0 Å². The van der Waals surface area contributed by atoms with Crippen LogP contribution in [0.2, 0.25) is 0 Å². The van der Waals surface area contributed by atoms with Gasteiger partial charge in [-0.15, -0.1) is 0 Å². The smallest absolute Gasteiger partial charge is 0.341 e. The summed E-state index contributed by atoms with van der Waals surface area (Å²) in [6, 6.07) is 4.59. The maximum absolute atomic E-state index is 12.4. The Morgan fingerprint density at radius 2 is 2.17 bits per heavy atom. The van der Waals surface area contributed by atoms with E-state index < -0.39 is 12.6 Å². The zero-order valence-electron chi connectivity index (χ0n) is 13.9. The molecule has 1 aromatic rings. The molecule has 1 aliphatic heterocycles. The highest BCUT2D eigenvalue weighted by atomic mass is 16.5. The fourth-order valence-electron chi connectivity index (χ4n) is 2.56. The molecule has 132 valence electrons. The van der Waals surface area contributed by atoms with E-state index in [9.17, 15) is 9.59 Å². The summed E-state index contributed by atoms with van der Waals surface area (Å²) in [6.07, 6.45) is 1.99. The lowest BCUT2D eigenvalue weighted by molar-refractivity contribution is -0.139. The first-order chi connectivity index (χ1) is 11.5. The molecular formula is C17H23NO6. The summed E-state index contributed by atoms with van der Waals surface area (Å²) in [7, 11) is 0. The maximum Gasteiger partial charge on any atom is 0.341 e. The van der Waals surface area contributed by atoms with Gasteiger partial charge in [-0.3, -0.25) is 4.79 Å². The van der Waals surface area contributed by atoms with Crippen LogP contribution in [0.4, 0.5) is 0 Å². The van der Waals surface area contributed by atoms with E-state index in [-0.39, 0.29) is 18.1 Å². The molecule has 24 heavy (non-hydrogen) atoms. The monoisotopic (exact) mass is 337 g/mol. The van der Waals surface area contributed by atoms with Crippen molar-refractivity contribution in [1.82, 2.24) is 5.32 Å². The number of carbonyl (C=O) groups is 2. The van der Waals surface area contributed by atoms with Crippen LogP contribution in [0.3, 0.4) is 0 Å². The van der Waals surface area contributed by atoms with Crippen LogP contribution in [0, 0.1) is 0 Å². The van der Waals surface area contributed by atoms with Crippen molar-refractivity contribution in [2.45, 2.75) is 38.8 Å². The van der Waals surface area contributed by atoms with Crippen molar-refractivity contribution in [2.75, 3.05) is 19.8 Å². The van der Waals surface area contributed by atoms with Gasteiger partial charge in [0.25, 0.3) is 5.91 Å². The number of benzene rings is 1. The quantitative estimate of drug-likeness (QED) is 0.752. The van der Waals surface area contributed by atoms with Crippen LogP contribution in [0.1, 0.15) is 37.0 Å². The molecule has 1 heterocycles. The highest BCUT2D eigenvalue weighted by Crippen LogP contribution is 2.28. The molecule has 0 spiro atoms. The van der Waals surface area contributed by atoms with E-state index >= 15 is 0 Å². The zero-order valence-corrected chi connectivity index (χ0v) is 13.9. The number of aliphatic carboxylic acids is 1. The van der Waals surface area contributed by atoms with Crippen molar-refractivity contribution in [3.8, 4) is 11.5 Å². The van der Waals surface area contributed by atoms with E-state index in [1.54, 1.807) is 25.1 Å². The lowest BCUT2D eigenvalue weighted by Gasteiger charge is -2.20. The molecule has 2 unspecified atom stereocenters. The van der Waals surface area contributed by atoms with Gasteiger partial charge in [-0.25, -0.2) is 4.79 Å². The van der Waals surface area contributed by atoms with E-state index in [1.807, 2.05) is 6.92 Å². The summed E-state index contributed by atoms with van der Waals surface area (Å²) >= 11 is 0. The number of rotatable bonds is 8. The van der Waals surface area contributed by atoms with Crippen molar-refractivity contribution in [1.29, 1.82) is 0 Å². The minimum Gasteiger partial charge on any atom is -0.490 e. The zero-order chi connectivity index (χ0) is 17.5. The van der Waals surface area contributed by atoms with Crippen LogP contribution < -0.4 is 14.8 Å². The van der Waals surface area contributed by atoms with Gasteiger partial charge in [0.05, 0.1) is 18.8 Å². The van der Waals surface area contributed by atoms with Gasteiger partial charge in [-0.2, -0.15) is 0 Å². The first-order valence-electron chi connectivity index (χ1n) is 8.05. The van der Waals surface area contributed by atoms with E-state index in [2.05, 4.69) is 5.32 Å². The number of carbonyl (C=O) groups excluding carboxylic acids is 1. The highest BCUT2D eigenvalue weighted by molar-refractivity contribution is 5.95. The topological polar surface area (TPSA) is 94.1 Å². The molecule has 1 amide bonds. The van der Waals surface area contributed by atoms with Crippen molar-refractivity contribution < 1.29 is 28.9 Å². The van der Waals surface area contributed by atoms with Crippen molar-refractivity contribution in [2.24, 2.45) is 0 Å². The maximum atomic E-state index is 12.4. The van der Waals surface area contributed by atoms with Gasteiger partial charge >= 0.3 is 5.97 Å². The SMILES string of the molecule is CCOc1cc(C(=O)NC(C)C2CCCO2)ccc1OCC(=O)O. The number of ether oxygens (including phenoxy) is 3. The molecule has 0 aromatic heterocycles. The first-order valence-corrected chi connectivity index (χ1v) is 8.05. The summed E-state index contributed by atoms with van der Waals surface area (Å²) in [4.78, 5) is 23.0. The average molecular weight is 337 g/mol. The second-order valence-corrected chi connectivity index (χ2v) is 5.59. The third-order valence-electron chi connectivity index (χ3n) is 3.74. The molecule has 1 aromatic carbocycles. The normalized spacial score (nSPS) is 18.0. The predicted octanol–water partition coefficient (Wildman–Crippen LogP) is 1.85. The lowest BCUT2D eigenvalue weighted by atomic mass is 10.1. The number of hydrogen-bond donors (Lipinski definition) is 2. The fraction of sp³-hybridized carbons (Fsp3) is 0.529. The van der Waals surface area contributed by atoms with Gasteiger partial charge in [-0.05, 0) is 44.9 Å². The van der Waals surface area contributed by atoms with Gasteiger partial charge in [0.2, 0.25) is 0 Å². The number of hydrogen-bond acceptors (Lipinski definition) is 5. The van der Waals surface area contributed by atoms with Gasteiger partial charge in [-0.1, -0.05) is 0 Å². The Labute approximate surface area is 140 Å². The fourth-order valence-corrected chi connectivity index (χ4v) is 2.56. The molecule has 2 atom stereocenters. The van der Waals surface area contributed by atoms with E-state index in [1.165, 1.54) is 0 Å². The molecule has 7 heteroatoms. The largest absolute Gasteiger partial charge is 0.490 e. The van der Waals surface area contributed by atoms with E-state index in [4.69, 9.17) is 19.3 Å². The summed E-state index contributed by atoms with van der Waals surface area (Å²) in [5.74, 6) is -0.674. The number of amides is 1. The Bertz CT molecular complexity index is 582. The summed E-state index contributed by atoms with van der Waals surface area (Å²) in [5.41, 5.74) is 0.422. The summed E-state index contributed by atoms with van der Waals surface area (Å²) in [5, 5.41) is 11.6. The molecule has 0 radical (unpaired) electrons. The average Bonchev–Trinajstić information content (AvgIpc) is 3.08. The van der Waals surface area contributed by atoms with Gasteiger partial charge in [0, 0.05) is 12.2 Å². The molecule has 7 nitrogen and oxygen atoms in total. The Kier molecular flexibility index (Phi) is 6.43. The van der Waals surface area contributed by atoms with Crippen LogP contribution in [-0.2, 0) is 9.53 Å². The first kappa shape index (κ1) is 18.1. The predicted molar refractivity (Wildman–Crippen MR) is 86.6 cm³/mol. The molecule has 0 aliphatic carbocycles. The Morgan fingerprint density at radius 3 is 2.79 bits per heavy atom. The highest BCUT2D eigenvalue weighted by Gasteiger charge is 2.24.